The average molecular weight is 345 g/mol. The lowest BCUT2D eigenvalue weighted by Gasteiger charge is -2.05. The summed E-state index contributed by atoms with van der Waals surface area (Å²) in [6, 6.07) is 8.48. The second kappa shape index (κ2) is 5.73. The molecule has 1 N–H and O–H groups in total. The van der Waals surface area contributed by atoms with Gasteiger partial charge in [-0.15, -0.1) is 0 Å². The number of rotatable bonds is 3. The van der Waals surface area contributed by atoms with Crippen molar-refractivity contribution < 1.29 is 9.90 Å². The van der Waals surface area contributed by atoms with E-state index in [0.717, 1.165) is 4.47 Å². The summed E-state index contributed by atoms with van der Waals surface area (Å²) in [5, 5.41) is 10.4. The van der Waals surface area contributed by atoms with Gasteiger partial charge in [-0.05, 0) is 30.3 Å². The van der Waals surface area contributed by atoms with Gasteiger partial charge in [0.15, 0.2) is 0 Å². The van der Waals surface area contributed by atoms with E-state index in [-0.39, 0.29) is 5.56 Å². The molecule has 1 aromatic carbocycles. The third-order valence-electron chi connectivity index (χ3n) is 2.09. The molecule has 1 heterocycles. The van der Waals surface area contributed by atoms with E-state index in [1.54, 1.807) is 30.3 Å². The Morgan fingerprint density at radius 1 is 1.33 bits per heavy atom. The zero-order chi connectivity index (χ0) is 13.1. The maximum atomic E-state index is 11.1. The minimum Gasteiger partial charge on any atom is -0.478 e. The Morgan fingerprint density at radius 2 is 2.11 bits per heavy atom. The zero-order valence-electron chi connectivity index (χ0n) is 8.93. The Morgan fingerprint density at radius 3 is 2.72 bits per heavy atom. The predicted molar refractivity (Wildman–Crippen MR) is 74.5 cm³/mol. The largest absolute Gasteiger partial charge is 0.478 e. The van der Waals surface area contributed by atoms with Crippen molar-refractivity contribution in [2.75, 3.05) is 0 Å². The summed E-state index contributed by atoms with van der Waals surface area (Å²) in [6.07, 6.45) is 1.53. The molecule has 3 nitrogen and oxygen atoms in total. The molecule has 0 spiro atoms. The number of hydrogen-bond donors (Lipinski definition) is 1. The van der Waals surface area contributed by atoms with Crippen LogP contribution in [0.3, 0.4) is 0 Å². The van der Waals surface area contributed by atoms with E-state index in [9.17, 15) is 4.79 Å². The van der Waals surface area contributed by atoms with Crippen molar-refractivity contribution in [2.24, 2.45) is 0 Å². The summed E-state index contributed by atoms with van der Waals surface area (Å²) < 4.78 is 0.823. The van der Waals surface area contributed by atoms with E-state index in [0.29, 0.717) is 14.9 Å². The average Bonchev–Trinajstić information content (AvgIpc) is 2.32. The van der Waals surface area contributed by atoms with Crippen LogP contribution in [0.4, 0.5) is 0 Å². The highest BCUT2D eigenvalue weighted by Gasteiger charge is 2.12. The van der Waals surface area contributed by atoms with Gasteiger partial charge in [0.1, 0.15) is 5.03 Å². The van der Waals surface area contributed by atoms with Crippen LogP contribution in [0.15, 0.2) is 50.9 Å². The van der Waals surface area contributed by atoms with Crippen LogP contribution < -0.4 is 0 Å². The molecule has 0 fully saturated rings. The number of carboxylic acids is 1. The molecule has 6 heteroatoms. The van der Waals surface area contributed by atoms with E-state index >= 15 is 0 Å². The summed E-state index contributed by atoms with van der Waals surface area (Å²) >= 11 is 10.4. The molecule has 0 bridgehead atoms. The summed E-state index contributed by atoms with van der Waals surface area (Å²) in [5.41, 5.74) is 0.250. The highest BCUT2D eigenvalue weighted by atomic mass is 79.9. The third-order valence-corrected chi connectivity index (χ3v) is 3.81. The maximum absolute atomic E-state index is 11.1. The Kier molecular flexibility index (Phi) is 4.27. The second-order valence-electron chi connectivity index (χ2n) is 3.36. The minimum atomic E-state index is -0.959. The fourth-order valence-electron chi connectivity index (χ4n) is 1.29. The highest BCUT2D eigenvalue weighted by molar-refractivity contribution is 9.10. The molecule has 0 amide bonds. The van der Waals surface area contributed by atoms with Crippen molar-refractivity contribution in [3.8, 4) is 0 Å². The van der Waals surface area contributed by atoms with Crippen LogP contribution >= 0.6 is 39.3 Å². The zero-order valence-corrected chi connectivity index (χ0v) is 12.1. The van der Waals surface area contributed by atoms with Gasteiger partial charge in [-0.1, -0.05) is 39.3 Å². The van der Waals surface area contributed by atoms with E-state index in [4.69, 9.17) is 16.7 Å². The first-order valence-corrected chi connectivity index (χ1v) is 6.87. The molecule has 0 radical (unpaired) electrons. The number of carboxylic acid groups (broad SMARTS) is 1. The summed E-state index contributed by atoms with van der Waals surface area (Å²) in [4.78, 5) is 15.9. The van der Waals surface area contributed by atoms with Gasteiger partial charge in [0.25, 0.3) is 0 Å². The van der Waals surface area contributed by atoms with Crippen LogP contribution in [0.5, 0.6) is 0 Å². The van der Waals surface area contributed by atoms with E-state index in [1.807, 2.05) is 0 Å². The first kappa shape index (κ1) is 13.4. The van der Waals surface area contributed by atoms with Crippen LogP contribution in [0.25, 0.3) is 0 Å². The number of carbonyl (C=O) groups is 1. The van der Waals surface area contributed by atoms with E-state index < -0.39 is 5.97 Å². The fourth-order valence-corrected chi connectivity index (χ4v) is 2.83. The first-order valence-electron chi connectivity index (χ1n) is 4.88. The number of aromatic carboxylic acids is 1. The smallest absolute Gasteiger partial charge is 0.336 e. The Labute approximate surface area is 121 Å². The van der Waals surface area contributed by atoms with Crippen molar-refractivity contribution in [1.82, 2.24) is 4.98 Å². The fraction of sp³-hybridized carbons (Fsp3) is 0. The number of hydrogen-bond acceptors (Lipinski definition) is 3. The predicted octanol–water partition coefficient (Wildman–Crippen LogP) is 4.35. The van der Waals surface area contributed by atoms with Crippen molar-refractivity contribution in [3.63, 3.8) is 0 Å². The normalized spacial score (nSPS) is 10.3. The first-order chi connectivity index (χ1) is 8.56. The van der Waals surface area contributed by atoms with Crippen LogP contribution in [-0.2, 0) is 0 Å². The molecule has 0 aliphatic rings. The molecule has 2 rings (SSSR count). The van der Waals surface area contributed by atoms with Crippen LogP contribution in [0, 0.1) is 0 Å². The van der Waals surface area contributed by atoms with Crippen LogP contribution in [0.1, 0.15) is 10.4 Å². The molecule has 0 aliphatic heterocycles. The van der Waals surface area contributed by atoms with Crippen LogP contribution in [-0.4, -0.2) is 16.1 Å². The van der Waals surface area contributed by atoms with Gasteiger partial charge in [0.2, 0.25) is 0 Å². The Balaban J connectivity index is 2.35. The van der Waals surface area contributed by atoms with E-state index in [1.165, 1.54) is 18.0 Å². The van der Waals surface area contributed by atoms with Crippen LogP contribution in [0.2, 0.25) is 5.02 Å². The SMILES string of the molecule is O=C(O)c1ccc(Br)cc1Sc1ccc(Cl)cn1. The van der Waals surface area contributed by atoms with E-state index in [2.05, 4.69) is 20.9 Å². The minimum absolute atomic E-state index is 0.250. The molecular weight excluding hydrogens is 338 g/mol. The van der Waals surface area contributed by atoms with Gasteiger partial charge in [-0.3, -0.25) is 0 Å². The number of pyridine rings is 1. The molecule has 0 atom stereocenters. The van der Waals surface area contributed by atoms with Gasteiger partial charge in [0, 0.05) is 15.6 Å². The highest BCUT2D eigenvalue weighted by Crippen LogP contribution is 2.31. The summed E-state index contributed by atoms with van der Waals surface area (Å²) in [6.45, 7) is 0. The molecule has 92 valence electrons. The topological polar surface area (TPSA) is 50.2 Å². The van der Waals surface area contributed by atoms with Gasteiger partial charge >= 0.3 is 5.97 Å². The number of halogens is 2. The molecular formula is C12H7BrClNO2S. The summed E-state index contributed by atoms with van der Waals surface area (Å²) in [5.74, 6) is -0.959. The van der Waals surface area contributed by atoms with Crippen molar-refractivity contribution in [1.29, 1.82) is 0 Å². The number of nitrogens with zero attached hydrogens (tertiary/aromatic N) is 1. The second-order valence-corrected chi connectivity index (χ2v) is 5.78. The molecule has 0 saturated carbocycles. The van der Waals surface area contributed by atoms with Gasteiger partial charge < -0.3 is 5.11 Å². The number of aromatic nitrogens is 1. The lowest BCUT2D eigenvalue weighted by molar-refractivity contribution is 0.0693. The van der Waals surface area contributed by atoms with Crippen molar-refractivity contribution in [3.05, 3.63) is 51.6 Å². The summed E-state index contributed by atoms with van der Waals surface area (Å²) in [7, 11) is 0. The van der Waals surface area contributed by atoms with Crippen molar-refractivity contribution in [2.45, 2.75) is 9.92 Å². The van der Waals surface area contributed by atoms with Gasteiger partial charge in [-0.2, -0.15) is 0 Å². The number of benzene rings is 1. The monoisotopic (exact) mass is 343 g/mol. The quantitative estimate of drug-likeness (QED) is 0.899. The Bertz CT molecular complexity index is 589. The molecule has 0 saturated heterocycles. The molecule has 0 aliphatic carbocycles. The standard InChI is InChI=1S/C12H7BrClNO2S/c13-7-1-3-9(12(16)17)10(5-7)18-11-4-2-8(14)6-15-11/h1-6H,(H,16,17). The third kappa shape index (κ3) is 3.25. The molecule has 18 heavy (non-hydrogen) atoms. The van der Waals surface area contributed by atoms with Crippen molar-refractivity contribution >= 4 is 45.3 Å². The lowest BCUT2D eigenvalue weighted by Crippen LogP contribution is -1.98. The lowest BCUT2D eigenvalue weighted by atomic mass is 10.2. The molecule has 1 aromatic heterocycles. The molecule has 2 aromatic rings. The Hall–Kier alpha value is -1.04. The van der Waals surface area contributed by atoms with Gasteiger partial charge in [0.05, 0.1) is 10.6 Å². The maximum Gasteiger partial charge on any atom is 0.336 e. The van der Waals surface area contributed by atoms with Gasteiger partial charge in [-0.25, -0.2) is 9.78 Å². The molecule has 0 unspecified atom stereocenters.